The molecule has 3 amide bonds. The molecule has 4 rings (SSSR count). The number of carbonyl (C=O) groups is 2. The average Bonchev–Trinajstić information content (AvgIpc) is 3.27. The van der Waals surface area contributed by atoms with Crippen molar-refractivity contribution in [3.8, 4) is 17.1 Å². The maximum Gasteiger partial charge on any atom is 0.321 e. The van der Waals surface area contributed by atoms with Crippen LogP contribution in [-0.2, 0) is 11.3 Å². The first-order valence-electron chi connectivity index (χ1n) is 10.3. The monoisotopic (exact) mass is 458 g/mol. The zero-order valence-corrected chi connectivity index (χ0v) is 18.7. The maximum absolute atomic E-state index is 12.4. The van der Waals surface area contributed by atoms with Crippen LogP contribution in [0.5, 0.6) is 0 Å². The van der Waals surface area contributed by atoms with Crippen LogP contribution < -0.4 is 10.6 Å². The predicted molar refractivity (Wildman–Crippen MR) is 127 cm³/mol. The largest absolute Gasteiger partial charge is 0.334 e. The van der Waals surface area contributed by atoms with Gasteiger partial charge in [0, 0.05) is 24.5 Å². The molecule has 33 heavy (non-hydrogen) atoms. The van der Waals surface area contributed by atoms with Crippen LogP contribution in [0, 0.1) is 6.92 Å². The van der Waals surface area contributed by atoms with Gasteiger partial charge < -0.3 is 5.32 Å². The molecule has 0 unspecified atom stereocenters. The lowest BCUT2D eigenvalue weighted by Gasteiger charge is -2.12. The molecule has 2 aromatic carbocycles. The second kappa shape index (κ2) is 10.6. The van der Waals surface area contributed by atoms with E-state index in [-0.39, 0.29) is 5.75 Å². The van der Waals surface area contributed by atoms with Gasteiger partial charge in [-0.1, -0.05) is 60.3 Å². The van der Waals surface area contributed by atoms with E-state index in [1.165, 1.54) is 11.8 Å². The van der Waals surface area contributed by atoms with Crippen LogP contribution >= 0.6 is 11.8 Å². The number of nitrogens with one attached hydrogen (secondary N) is 2. The Morgan fingerprint density at radius 2 is 1.67 bits per heavy atom. The first kappa shape index (κ1) is 22.2. The van der Waals surface area contributed by atoms with Crippen molar-refractivity contribution in [1.82, 2.24) is 30.4 Å². The summed E-state index contributed by atoms with van der Waals surface area (Å²) in [6, 6.07) is 20.5. The fourth-order valence-electron chi connectivity index (χ4n) is 3.20. The van der Waals surface area contributed by atoms with Crippen molar-refractivity contribution in [3.05, 3.63) is 90.3 Å². The number of nitrogens with zero attached hydrogens (tertiary/aromatic N) is 4. The molecular formula is C24H22N6O2S. The number of imide groups is 1. The number of para-hydroxylation sites is 1. The molecule has 0 atom stereocenters. The minimum atomic E-state index is -0.540. The van der Waals surface area contributed by atoms with Gasteiger partial charge >= 0.3 is 6.03 Å². The van der Waals surface area contributed by atoms with E-state index in [1.54, 1.807) is 12.4 Å². The number of urea groups is 1. The summed E-state index contributed by atoms with van der Waals surface area (Å²) < 4.78 is 1.91. The molecule has 2 N–H and O–H groups in total. The Balaban J connectivity index is 1.46. The molecule has 4 aromatic rings. The van der Waals surface area contributed by atoms with Gasteiger partial charge in [-0.3, -0.25) is 19.7 Å². The van der Waals surface area contributed by atoms with Crippen LogP contribution in [0.25, 0.3) is 17.1 Å². The smallest absolute Gasteiger partial charge is 0.321 e. The van der Waals surface area contributed by atoms with E-state index in [1.807, 2.05) is 78.2 Å². The molecule has 0 spiro atoms. The maximum atomic E-state index is 12.4. The highest BCUT2D eigenvalue weighted by molar-refractivity contribution is 7.99. The summed E-state index contributed by atoms with van der Waals surface area (Å²) in [5, 5.41) is 14.3. The average molecular weight is 459 g/mol. The summed E-state index contributed by atoms with van der Waals surface area (Å²) in [6.45, 7) is 2.34. The van der Waals surface area contributed by atoms with Crippen LogP contribution in [0.15, 0.2) is 84.3 Å². The van der Waals surface area contributed by atoms with Gasteiger partial charge in [-0.25, -0.2) is 4.79 Å². The lowest BCUT2D eigenvalue weighted by Crippen LogP contribution is -2.40. The lowest BCUT2D eigenvalue weighted by atomic mass is 10.2. The van der Waals surface area contributed by atoms with E-state index in [0.29, 0.717) is 17.5 Å². The normalized spacial score (nSPS) is 10.6. The fourth-order valence-corrected chi connectivity index (χ4v) is 3.94. The van der Waals surface area contributed by atoms with E-state index < -0.39 is 11.9 Å². The highest BCUT2D eigenvalue weighted by Crippen LogP contribution is 2.29. The zero-order chi connectivity index (χ0) is 23.0. The molecule has 0 aliphatic rings. The highest BCUT2D eigenvalue weighted by Gasteiger charge is 2.19. The number of rotatable bonds is 7. The number of aromatic nitrogens is 4. The number of hydrogen-bond donors (Lipinski definition) is 2. The number of carbonyl (C=O) groups excluding carboxylic acids is 2. The van der Waals surface area contributed by atoms with E-state index in [2.05, 4.69) is 25.8 Å². The third-order valence-electron chi connectivity index (χ3n) is 4.81. The van der Waals surface area contributed by atoms with Gasteiger partial charge in [0.25, 0.3) is 0 Å². The van der Waals surface area contributed by atoms with Crippen LogP contribution in [0.4, 0.5) is 4.79 Å². The zero-order valence-electron chi connectivity index (χ0n) is 17.9. The van der Waals surface area contributed by atoms with E-state index >= 15 is 0 Å². The molecule has 0 radical (unpaired) electrons. The standard InChI is InChI=1S/C24H22N6O2S/c1-17-7-5-6-10-20(17)30-22(19-11-13-25-14-12-19)28-29-24(30)33-16-21(31)27-23(32)26-15-18-8-3-2-4-9-18/h2-14H,15-16H2,1H3,(H2,26,27,31,32). The third-order valence-corrected chi connectivity index (χ3v) is 5.74. The summed E-state index contributed by atoms with van der Waals surface area (Å²) in [7, 11) is 0. The second-order valence-electron chi connectivity index (χ2n) is 7.17. The number of aryl methyl sites for hydroxylation is 1. The molecule has 2 heterocycles. The van der Waals surface area contributed by atoms with Crippen molar-refractivity contribution in [2.45, 2.75) is 18.6 Å². The quantitative estimate of drug-likeness (QED) is 0.409. The van der Waals surface area contributed by atoms with Crippen LogP contribution in [-0.4, -0.2) is 37.4 Å². The Bertz CT molecular complexity index is 1240. The van der Waals surface area contributed by atoms with Gasteiger partial charge in [0.2, 0.25) is 5.91 Å². The predicted octanol–water partition coefficient (Wildman–Crippen LogP) is 3.76. The highest BCUT2D eigenvalue weighted by atomic mass is 32.2. The second-order valence-corrected chi connectivity index (χ2v) is 8.11. The van der Waals surface area contributed by atoms with Crippen molar-refractivity contribution < 1.29 is 9.59 Å². The van der Waals surface area contributed by atoms with Crippen molar-refractivity contribution in [2.75, 3.05) is 5.75 Å². The summed E-state index contributed by atoms with van der Waals surface area (Å²) >= 11 is 1.21. The van der Waals surface area contributed by atoms with E-state index in [4.69, 9.17) is 0 Å². The summed E-state index contributed by atoms with van der Waals surface area (Å²) in [4.78, 5) is 28.5. The molecule has 0 aliphatic carbocycles. The molecule has 0 aliphatic heterocycles. The van der Waals surface area contributed by atoms with Crippen molar-refractivity contribution in [3.63, 3.8) is 0 Å². The molecule has 0 saturated carbocycles. The van der Waals surface area contributed by atoms with Crippen LogP contribution in [0.3, 0.4) is 0 Å². The lowest BCUT2D eigenvalue weighted by molar-refractivity contribution is -0.117. The molecule has 2 aromatic heterocycles. The van der Waals surface area contributed by atoms with Gasteiger partial charge in [-0.2, -0.15) is 0 Å². The number of pyridine rings is 1. The van der Waals surface area contributed by atoms with Crippen molar-refractivity contribution in [2.24, 2.45) is 0 Å². The van der Waals surface area contributed by atoms with Gasteiger partial charge in [-0.05, 0) is 36.2 Å². The molecule has 0 bridgehead atoms. The number of thioether (sulfide) groups is 1. The van der Waals surface area contributed by atoms with Crippen LogP contribution in [0.1, 0.15) is 11.1 Å². The Morgan fingerprint density at radius 3 is 2.42 bits per heavy atom. The first-order valence-corrected chi connectivity index (χ1v) is 11.3. The minimum absolute atomic E-state index is 0.0130. The first-order chi connectivity index (χ1) is 16.1. The topological polar surface area (TPSA) is 102 Å². The third kappa shape index (κ3) is 5.64. The number of benzene rings is 2. The fraction of sp³-hybridized carbons (Fsp3) is 0.125. The Hall–Kier alpha value is -3.98. The minimum Gasteiger partial charge on any atom is -0.334 e. The van der Waals surface area contributed by atoms with Gasteiger partial charge in [0.1, 0.15) is 0 Å². The molecule has 8 nitrogen and oxygen atoms in total. The molecule has 9 heteroatoms. The van der Waals surface area contributed by atoms with Crippen molar-refractivity contribution >= 4 is 23.7 Å². The summed E-state index contributed by atoms with van der Waals surface area (Å²) in [5.74, 6) is 0.240. The summed E-state index contributed by atoms with van der Waals surface area (Å²) in [6.07, 6.45) is 3.39. The number of amides is 3. The summed E-state index contributed by atoms with van der Waals surface area (Å²) in [5.41, 5.74) is 3.76. The Kier molecular flexibility index (Phi) is 7.11. The van der Waals surface area contributed by atoms with Crippen molar-refractivity contribution in [1.29, 1.82) is 0 Å². The SMILES string of the molecule is Cc1ccccc1-n1c(SCC(=O)NC(=O)NCc2ccccc2)nnc1-c1ccncc1. The van der Waals surface area contributed by atoms with Crippen LogP contribution in [0.2, 0.25) is 0 Å². The number of hydrogen-bond acceptors (Lipinski definition) is 6. The van der Waals surface area contributed by atoms with Gasteiger partial charge in [0.05, 0.1) is 11.4 Å². The Labute approximate surface area is 195 Å². The van der Waals surface area contributed by atoms with Gasteiger partial charge in [-0.15, -0.1) is 10.2 Å². The molecule has 0 saturated heterocycles. The Morgan fingerprint density at radius 1 is 0.939 bits per heavy atom. The molecule has 166 valence electrons. The van der Waals surface area contributed by atoms with E-state index in [0.717, 1.165) is 22.4 Å². The molecular weight excluding hydrogens is 436 g/mol. The van der Waals surface area contributed by atoms with Gasteiger partial charge in [0.15, 0.2) is 11.0 Å². The molecule has 0 fully saturated rings. The van der Waals surface area contributed by atoms with E-state index in [9.17, 15) is 9.59 Å².